The lowest BCUT2D eigenvalue weighted by Gasteiger charge is -2.47. The minimum atomic E-state index is -0.930. The van der Waals surface area contributed by atoms with Gasteiger partial charge in [0.05, 0.1) is 27.5 Å². The Morgan fingerprint density at radius 2 is 2.03 bits per heavy atom. The molecule has 0 saturated heterocycles. The summed E-state index contributed by atoms with van der Waals surface area (Å²) < 4.78 is 12.2. The number of nitro groups is 1. The molecule has 0 bridgehead atoms. The molecule has 178 valence electrons. The quantitative estimate of drug-likeness (QED) is 0.268. The van der Waals surface area contributed by atoms with E-state index in [1.165, 1.54) is 30.6 Å². The predicted molar refractivity (Wildman–Crippen MR) is 132 cm³/mol. The van der Waals surface area contributed by atoms with Crippen LogP contribution in [-0.4, -0.2) is 34.8 Å². The molecule has 1 aromatic heterocycles. The fourth-order valence-electron chi connectivity index (χ4n) is 4.84. The summed E-state index contributed by atoms with van der Waals surface area (Å²) >= 11 is 6.08. The van der Waals surface area contributed by atoms with Gasteiger partial charge in [-0.1, -0.05) is 29.8 Å². The van der Waals surface area contributed by atoms with Crippen molar-refractivity contribution < 1.29 is 19.2 Å². The molecule has 1 atom stereocenters. The molecule has 0 fully saturated rings. The molecule has 1 unspecified atom stereocenters. The number of rotatable bonds is 5. The van der Waals surface area contributed by atoms with E-state index in [0.717, 1.165) is 11.3 Å². The van der Waals surface area contributed by atoms with Crippen LogP contribution in [0.4, 0.5) is 11.4 Å². The molecule has 3 aromatic rings. The van der Waals surface area contributed by atoms with E-state index in [0.29, 0.717) is 17.9 Å². The predicted octanol–water partition coefficient (Wildman–Crippen LogP) is 5.40. The highest BCUT2D eigenvalue weighted by atomic mass is 35.5. The molecule has 2 aliphatic rings. The largest absolute Gasteiger partial charge is 0.463 e. The summed E-state index contributed by atoms with van der Waals surface area (Å²) in [7, 11) is 0. The van der Waals surface area contributed by atoms with Gasteiger partial charge >= 0.3 is 5.97 Å². The molecule has 0 N–H and O–H groups in total. The van der Waals surface area contributed by atoms with Gasteiger partial charge in [0.1, 0.15) is 12.4 Å². The number of hydrogen-bond acceptors (Lipinski definition) is 7. The van der Waals surface area contributed by atoms with Crippen LogP contribution >= 0.6 is 11.6 Å². The molecule has 0 radical (unpaired) electrons. The van der Waals surface area contributed by atoms with E-state index in [2.05, 4.69) is 29.8 Å². The Labute approximate surface area is 206 Å². The van der Waals surface area contributed by atoms with Crippen LogP contribution in [0.3, 0.4) is 0 Å². The van der Waals surface area contributed by atoms with Crippen LogP contribution in [0.2, 0.25) is 5.02 Å². The van der Waals surface area contributed by atoms with E-state index in [4.69, 9.17) is 21.1 Å². The normalized spacial score (nSPS) is 19.1. The minimum absolute atomic E-state index is 0.000425. The summed E-state index contributed by atoms with van der Waals surface area (Å²) in [4.78, 5) is 29.3. The molecule has 2 aromatic carbocycles. The van der Waals surface area contributed by atoms with Crippen molar-refractivity contribution in [2.75, 3.05) is 18.1 Å². The zero-order valence-corrected chi connectivity index (χ0v) is 19.9. The Hall–Kier alpha value is -3.91. The number of nitro benzene ring substituents is 1. The van der Waals surface area contributed by atoms with Gasteiger partial charge < -0.3 is 14.4 Å². The Morgan fingerprint density at radius 1 is 1.23 bits per heavy atom. The summed E-state index contributed by atoms with van der Waals surface area (Å²) in [6, 6.07) is 14.1. The second kappa shape index (κ2) is 8.39. The number of carbonyl (C=O) groups is 1. The number of carbonyl (C=O) groups excluding carboxylic acids is 1. The lowest BCUT2D eigenvalue weighted by atomic mass is 9.76. The van der Waals surface area contributed by atoms with Gasteiger partial charge in [-0.05, 0) is 49.8 Å². The summed E-state index contributed by atoms with van der Waals surface area (Å²) in [6.45, 7) is 4.63. The third-order valence-corrected chi connectivity index (χ3v) is 6.96. The number of para-hydroxylation sites is 1. The van der Waals surface area contributed by atoms with Gasteiger partial charge in [-0.2, -0.15) is 0 Å². The number of anilines is 1. The molecule has 5 rings (SSSR count). The summed E-state index contributed by atoms with van der Waals surface area (Å²) in [5.74, 6) is 0.0143. The molecule has 0 saturated carbocycles. The molecular formula is C26H22ClN3O5. The van der Waals surface area contributed by atoms with E-state index in [-0.39, 0.29) is 22.9 Å². The Morgan fingerprint density at radius 3 is 2.80 bits per heavy atom. The van der Waals surface area contributed by atoms with Crippen LogP contribution in [0, 0.1) is 10.1 Å². The van der Waals surface area contributed by atoms with Crippen LogP contribution in [0.15, 0.2) is 67.0 Å². The Kier molecular flexibility index (Phi) is 5.48. The zero-order valence-electron chi connectivity index (χ0n) is 19.1. The Balaban J connectivity index is 1.47. The number of aromatic nitrogens is 1. The SMILES string of the molecule is CC1(C)c2ccccc2N(CCOC(=O)c2ccncc2Cl)C12C=Cc1cc([N+](=O)[O-])ccc1O2. The molecule has 2 aliphatic heterocycles. The highest BCUT2D eigenvalue weighted by Crippen LogP contribution is 2.54. The van der Waals surface area contributed by atoms with E-state index >= 15 is 0 Å². The maximum Gasteiger partial charge on any atom is 0.339 e. The lowest BCUT2D eigenvalue weighted by molar-refractivity contribution is -0.384. The number of pyridine rings is 1. The summed E-state index contributed by atoms with van der Waals surface area (Å²) in [6.07, 6.45) is 6.67. The van der Waals surface area contributed by atoms with E-state index in [1.54, 1.807) is 6.07 Å². The monoisotopic (exact) mass is 491 g/mol. The first-order chi connectivity index (χ1) is 16.7. The lowest BCUT2D eigenvalue weighted by Crippen LogP contribution is -2.60. The third kappa shape index (κ3) is 3.61. The average Bonchev–Trinajstić information content (AvgIpc) is 3.02. The van der Waals surface area contributed by atoms with E-state index in [1.807, 2.05) is 30.4 Å². The summed E-state index contributed by atoms with van der Waals surface area (Å²) in [5, 5.41) is 11.4. The number of ether oxygens (including phenoxy) is 2. The molecular weight excluding hydrogens is 470 g/mol. The van der Waals surface area contributed by atoms with Crippen LogP contribution < -0.4 is 9.64 Å². The van der Waals surface area contributed by atoms with Crippen molar-refractivity contribution in [1.82, 2.24) is 4.98 Å². The van der Waals surface area contributed by atoms with Gasteiger partial charge in [0.25, 0.3) is 5.69 Å². The number of halogens is 1. The van der Waals surface area contributed by atoms with E-state index in [9.17, 15) is 14.9 Å². The standard InChI is InChI=1S/C26H22ClN3O5/c1-25(2)20-5-3-4-6-22(20)29(13-14-34-24(31)19-10-12-28-16-21(19)27)26(25)11-9-17-15-18(30(32)33)7-8-23(17)35-26/h3-12,15-16H,13-14H2,1-2H3. The van der Waals surface area contributed by atoms with Gasteiger partial charge in [-0.3, -0.25) is 15.1 Å². The van der Waals surface area contributed by atoms with Crippen molar-refractivity contribution >= 4 is 35.0 Å². The van der Waals surface area contributed by atoms with Gasteiger partial charge in [-0.15, -0.1) is 0 Å². The highest BCUT2D eigenvalue weighted by Gasteiger charge is 2.58. The van der Waals surface area contributed by atoms with Crippen LogP contribution in [-0.2, 0) is 10.2 Å². The maximum atomic E-state index is 12.6. The second-order valence-corrected chi connectivity index (χ2v) is 9.30. The molecule has 3 heterocycles. The first-order valence-electron chi connectivity index (χ1n) is 11.0. The molecule has 8 nitrogen and oxygen atoms in total. The third-order valence-electron chi connectivity index (χ3n) is 6.66. The van der Waals surface area contributed by atoms with Crippen molar-refractivity contribution in [1.29, 1.82) is 0 Å². The van der Waals surface area contributed by atoms with Gasteiger partial charge in [0.15, 0.2) is 0 Å². The minimum Gasteiger partial charge on any atom is -0.463 e. The van der Waals surface area contributed by atoms with Gasteiger partial charge in [0.2, 0.25) is 5.72 Å². The fourth-order valence-corrected chi connectivity index (χ4v) is 5.04. The maximum absolute atomic E-state index is 12.6. The van der Waals surface area contributed by atoms with Crippen molar-refractivity contribution in [2.24, 2.45) is 0 Å². The molecule has 9 heteroatoms. The highest BCUT2D eigenvalue weighted by molar-refractivity contribution is 6.33. The number of nitrogens with zero attached hydrogens (tertiary/aromatic N) is 3. The van der Waals surface area contributed by atoms with Crippen molar-refractivity contribution in [3.8, 4) is 5.75 Å². The molecule has 1 spiro atoms. The fraction of sp³-hybridized carbons (Fsp3) is 0.231. The molecule has 35 heavy (non-hydrogen) atoms. The zero-order chi connectivity index (χ0) is 24.8. The second-order valence-electron chi connectivity index (χ2n) is 8.90. The molecule has 0 aliphatic carbocycles. The van der Waals surface area contributed by atoms with Crippen molar-refractivity contribution in [2.45, 2.75) is 25.0 Å². The number of esters is 1. The van der Waals surface area contributed by atoms with Crippen molar-refractivity contribution in [3.05, 3.63) is 98.8 Å². The smallest absolute Gasteiger partial charge is 0.339 e. The van der Waals surface area contributed by atoms with Crippen LogP contribution in [0.5, 0.6) is 5.75 Å². The van der Waals surface area contributed by atoms with Crippen LogP contribution in [0.1, 0.15) is 35.3 Å². The van der Waals surface area contributed by atoms with Gasteiger partial charge in [-0.25, -0.2) is 4.79 Å². The Bertz CT molecular complexity index is 1370. The topological polar surface area (TPSA) is 94.8 Å². The number of benzene rings is 2. The molecule has 0 amide bonds. The first kappa shape index (κ1) is 22.9. The van der Waals surface area contributed by atoms with Gasteiger partial charge in [0, 0.05) is 35.8 Å². The number of non-ortho nitro benzene ring substituents is 1. The van der Waals surface area contributed by atoms with Crippen molar-refractivity contribution in [3.63, 3.8) is 0 Å². The average molecular weight is 492 g/mol. The van der Waals surface area contributed by atoms with Crippen LogP contribution in [0.25, 0.3) is 6.08 Å². The summed E-state index contributed by atoms with van der Waals surface area (Å²) in [5.41, 5.74) is 1.51. The first-order valence-corrected chi connectivity index (χ1v) is 11.4. The van der Waals surface area contributed by atoms with E-state index < -0.39 is 22.0 Å². The number of hydrogen-bond donors (Lipinski definition) is 0. The number of fused-ring (bicyclic) bond motifs is 2.